The number of halogens is 2. The molecule has 36 heavy (non-hydrogen) atoms. The lowest BCUT2D eigenvalue weighted by atomic mass is 9.95. The topological polar surface area (TPSA) is 69.9 Å². The highest BCUT2D eigenvalue weighted by atomic mass is 79.9. The molecule has 1 aliphatic heterocycles. The fraction of sp³-hybridized carbons (Fsp3) is 0.296. The van der Waals surface area contributed by atoms with E-state index in [1.807, 2.05) is 63.2 Å². The Morgan fingerprint density at radius 3 is 2.53 bits per heavy atom. The zero-order valence-electron chi connectivity index (χ0n) is 20.6. The summed E-state index contributed by atoms with van der Waals surface area (Å²) in [6, 6.07) is 11.0. The van der Waals surface area contributed by atoms with E-state index in [1.165, 1.54) is 11.3 Å². The fourth-order valence-electron chi connectivity index (χ4n) is 4.04. The van der Waals surface area contributed by atoms with Gasteiger partial charge >= 0.3 is 5.97 Å². The molecule has 0 amide bonds. The maximum atomic E-state index is 13.8. The molecule has 0 unspecified atom stereocenters. The van der Waals surface area contributed by atoms with Crippen molar-refractivity contribution in [3.63, 3.8) is 0 Å². The van der Waals surface area contributed by atoms with Gasteiger partial charge < -0.3 is 9.47 Å². The number of nitrogens with zero attached hydrogens (tertiary/aromatic N) is 2. The average molecular weight is 634 g/mol. The van der Waals surface area contributed by atoms with Gasteiger partial charge in [-0.2, -0.15) is 0 Å². The number of aryl methyl sites for hydroxylation is 1. The van der Waals surface area contributed by atoms with Crippen molar-refractivity contribution in [2.24, 2.45) is 4.99 Å². The minimum atomic E-state index is -0.635. The molecule has 3 aromatic rings. The van der Waals surface area contributed by atoms with Crippen LogP contribution >= 0.6 is 43.2 Å². The van der Waals surface area contributed by atoms with E-state index in [1.54, 1.807) is 18.4 Å². The Kier molecular flexibility index (Phi) is 8.02. The molecule has 1 aliphatic rings. The summed E-state index contributed by atoms with van der Waals surface area (Å²) in [5, 5.41) is 0. The van der Waals surface area contributed by atoms with Gasteiger partial charge in [-0.15, -0.1) is 0 Å². The van der Waals surface area contributed by atoms with E-state index in [0.29, 0.717) is 26.4 Å². The number of benzene rings is 2. The van der Waals surface area contributed by atoms with E-state index in [2.05, 4.69) is 36.9 Å². The predicted octanol–water partition coefficient (Wildman–Crippen LogP) is 5.42. The van der Waals surface area contributed by atoms with Gasteiger partial charge in [0.15, 0.2) is 4.80 Å². The quantitative estimate of drug-likeness (QED) is 0.340. The first-order valence-corrected chi connectivity index (χ1v) is 13.9. The first kappa shape index (κ1) is 26.6. The number of fused-ring (bicyclic) bond motifs is 1. The van der Waals surface area contributed by atoms with Crippen molar-refractivity contribution in [2.75, 3.05) is 6.61 Å². The second-order valence-corrected chi connectivity index (χ2v) is 11.5. The van der Waals surface area contributed by atoms with Gasteiger partial charge in [0.05, 0.1) is 39.0 Å². The number of hydrogen-bond acceptors (Lipinski definition) is 6. The maximum Gasteiger partial charge on any atom is 0.338 e. The molecule has 9 heteroatoms. The standard InChI is InChI=1S/C27H26Br2N2O4S/c1-6-34-26(33)22-16(5)30-27-31(23(22)17-9-7-15(4)8-10-17)25(32)21(36-27)12-18-11-19(28)13-20(29)24(18)35-14(2)3/h7-14,23H,6H2,1-5H3/b21-12-/t23-/m1/s1. The van der Waals surface area contributed by atoms with E-state index in [4.69, 9.17) is 9.47 Å². The number of ether oxygens (including phenoxy) is 2. The first-order chi connectivity index (χ1) is 17.1. The molecule has 1 atom stereocenters. The van der Waals surface area contributed by atoms with Crippen LogP contribution in [0.25, 0.3) is 6.08 Å². The molecular formula is C27H26Br2N2O4S. The van der Waals surface area contributed by atoms with Crippen LogP contribution in [-0.4, -0.2) is 23.2 Å². The second kappa shape index (κ2) is 10.9. The van der Waals surface area contributed by atoms with Crippen molar-refractivity contribution in [3.05, 3.63) is 93.0 Å². The van der Waals surface area contributed by atoms with Crippen molar-refractivity contribution in [1.82, 2.24) is 4.57 Å². The largest absolute Gasteiger partial charge is 0.489 e. The summed E-state index contributed by atoms with van der Waals surface area (Å²) in [5.41, 5.74) is 3.34. The lowest BCUT2D eigenvalue weighted by Crippen LogP contribution is -2.39. The molecule has 0 saturated carbocycles. The van der Waals surface area contributed by atoms with Crippen molar-refractivity contribution in [1.29, 1.82) is 0 Å². The van der Waals surface area contributed by atoms with Crippen molar-refractivity contribution in [3.8, 4) is 5.75 Å². The molecule has 0 fully saturated rings. The Balaban J connectivity index is 1.97. The van der Waals surface area contributed by atoms with Crippen LogP contribution in [0.5, 0.6) is 5.75 Å². The molecule has 1 aromatic heterocycles. The van der Waals surface area contributed by atoms with Crippen LogP contribution in [0.4, 0.5) is 0 Å². The van der Waals surface area contributed by atoms with Crippen LogP contribution in [0.15, 0.2) is 66.4 Å². The van der Waals surface area contributed by atoms with E-state index in [-0.39, 0.29) is 18.3 Å². The Hall–Kier alpha value is -2.49. The summed E-state index contributed by atoms with van der Waals surface area (Å²) in [6.45, 7) is 9.68. The maximum absolute atomic E-state index is 13.8. The van der Waals surface area contributed by atoms with Crippen LogP contribution in [0.2, 0.25) is 0 Å². The second-order valence-electron chi connectivity index (χ2n) is 8.69. The van der Waals surface area contributed by atoms with Crippen molar-refractivity contribution < 1.29 is 14.3 Å². The van der Waals surface area contributed by atoms with Crippen LogP contribution < -0.4 is 19.6 Å². The molecule has 6 nitrogen and oxygen atoms in total. The van der Waals surface area contributed by atoms with Gasteiger partial charge in [-0.3, -0.25) is 9.36 Å². The molecule has 2 aromatic carbocycles. The van der Waals surface area contributed by atoms with Gasteiger partial charge in [-0.1, -0.05) is 57.1 Å². The van der Waals surface area contributed by atoms with Crippen LogP contribution in [0.3, 0.4) is 0 Å². The number of aromatic nitrogens is 1. The number of carbonyl (C=O) groups is 1. The molecule has 0 N–H and O–H groups in total. The summed E-state index contributed by atoms with van der Waals surface area (Å²) < 4.78 is 15.1. The van der Waals surface area contributed by atoms with Gasteiger partial charge in [0, 0.05) is 10.0 Å². The minimum Gasteiger partial charge on any atom is -0.489 e. The number of esters is 1. The molecule has 0 aliphatic carbocycles. The van der Waals surface area contributed by atoms with Crippen molar-refractivity contribution >= 4 is 55.2 Å². The molecule has 0 saturated heterocycles. The van der Waals surface area contributed by atoms with Crippen LogP contribution in [0, 0.1) is 6.92 Å². The number of rotatable bonds is 6. The zero-order chi connectivity index (χ0) is 26.1. The van der Waals surface area contributed by atoms with E-state index in [9.17, 15) is 9.59 Å². The Labute approximate surface area is 230 Å². The number of carbonyl (C=O) groups excluding carboxylic acids is 1. The predicted molar refractivity (Wildman–Crippen MR) is 149 cm³/mol. The number of thiazole rings is 1. The third kappa shape index (κ3) is 5.28. The third-order valence-corrected chi connectivity index (χ3v) is 7.62. The molecule has 4 rings (SSSR count). The van der Waals surface area contributed by atoms with Gasteiger partial charge in [0.2, 0.25) is 0 Å². The molecule has 0 spiro atoms. The molecule has 0 radical (unpaired) electrons. The highest BCUT2D eigenvalue weighted by Gasteiger charge is 2.33. The zero-order valence-corrected chi connectivity index (χ0v) is 24.6. The van der Waals surface area contributed by atoms with Gasteiger partial charge in [-0.25, -0.2) is 9.79 Å². The van der Waals surface area contributed by atoms with Crippen LogP contribution in [0.1, 0.15) is 50.4 Å². The summed E-state index contributed by atoms with van der Waals surface area (Å²) >= 11 is 8.39. The highest BCUT2D eigenvalue weighted by molar-refractivity contribution is 9.11. The van der Waals surface area contributed by atoms with Gasteiger partial charge in [0.1, 0.15) is 5.75 Å². The monoisotopic (exact) mass is 632 g/mol. The van der Waals surface area contributed by atoms with E-state index >= 15 is 0 Å². The summed E-state index contributed by atoms with van der Waals surface area (Å²) in [4.78, 5) is 32.0. The lowest BCUT2D eigenvalue weighted by Gasteiger charge is -2.24. The lowest BCUT2D eigenvalue weighted by molar-refractivity contribution is -0.139. The van der Waals surface area contributed by atoms with Crippen molar-refractivity contribution in [2.45, 2.75) is 46.8 Å². The molecule has 188 valence electrons. The third-order valence-electron chi connectivity index (χ3n) is 5.59. The Morgan fingerprint density at radius 2 is 1.89 bits per heavy atom. The smallest absolute Gasteiger partial charge is 0.338 e. The Morgan fingerprint density at radius 1 is 1.19 bits per heavy atom. The average Bonchev–Trinajstić information content (AvgIpc) is 3.10. The molecular weight excluding hydrogens is 608 g/mol. The highest BCUT2D eigenvalue weighted by Crippen LogP contribution is 2.34. The number of hydrogen-bond donors (Lipinski definition) is 0. The fourth-order valence-corrected chi connectivity index (χ4v) is 6.43. The SMILES string of the molecule is CCOC(=O)C1=C(C)N=c2s/c(=C\c3cc(Br)cc(Br)c3OC(C)C)c(=O)n2[C@@H]1c1ccc(C)cc1. The van der Waals surface area contributed by atoms with E-state index < -0.39 is 12.0 Å². The summed E-state index contributed by atoms with van der Waals surface area (Å²) in [6.07, 6.45) is 1.76. The first-order valence-electron chi connectivity index (χ1n) is 11.5. The van der Waals surface area contributed by atoms with E-state index in [0.717, 1.165) is 25.6 Å². The minimum absolute atomic E-state index is 0.0489. The molecule has 2 heterocycles. The number of allylic oxidation sites excluding steroid dienone is 1. The Bertz CT molecular complexity index is 1540. The molecule has 0 bridgehead atoms. The summed E-state index contributed by atoms with van der Waals surface area (Å²) in [5.74, 6) is 0.180. The van der Waals surface area contributed by atoms with Crippen LogP contribution in [-0.2, 0) is 9.53 Å². The summed E-state index contributed by atoms with van der Waals surface area (Å²) in [7, 11) is 0. The normalized spacial score (nSPS) is 15.7. The van der Waals surface area contributed by atoms with Gasteiger partial charge in [-0.05, 0) is 74.3 Å². The van der Waals surface area contributed by atoms with Gasteiger partial charge in [0.25, 0.3) is 5.56 Å².